The number of rotatable bonds is 4. The number of amides is 1. The molecule has 1 saturated carbocycles. The molecule has 2 aromatic heterocycles. The maximum atomic E-state index is 12.2. The minimum atomic E-state index is -0.0753. The molecule has 100 valence electrons. The van der Waals surface area contributed by atoms with Crippen LogP contribution in [0.3, 0.4) is 0 Å². The normalized spacial score (nSPS) is 16.5. The van der Waals surface area contributed by atoms with Crippen LogP contribution in [0.4, 0.5) is 5.69 Å². The van der Waals surface area contributed by atoms with Gasteiger partial charge in [-0.1, -0.05) is 12.8 Å². The standard InChI is InChI=1S/C14H17N3OS/c1-8(7-9-4-5-9)17-13(18)12-11(15)10-3-2-6-16-14(10)19-12/h2-3,6,8-9H,4-5,7,15H2,1H3,(H,17,18). The molecule has 3 rings (SSSR count). The number of nitrogens with two attached hydrogens (primary N) is 1. The van der Waals surface area contributed by atoms with E-state index in [0.717, 1.165) is 22.6 Å². The molecule has 19 heavy (non-hydrogen) atoms. The number of aromatic nitrogens is 1. The fourth-order valence-corrected chi connectivity index (χ4v) is 3.29. The maximum Gasteiger partial charge on any atom is 0.263 e. The summed E-state index contributed by atoms with van der Waals surface area (Å²) in [6.45, 7) is 2.05. The van der Waals surface area contributed by atoms with Crippen LogP contribution < -0.4 is 11.1 Å². The summed E-state index contributed by atoms with van der Waals surface area (Å²) in [4.78, 5) is 17.9. The molecule has 0 bridgehead atoms. The number of thiophene rings is 1. The van der Waals surface area contributed by atoms with Gasteiger partial charge in [0.25, 0.3) is 5.91 Å². The van der Waals surface area contributed by atoms with E-state index < -0.39 is 0 Å². The Balaban J connectivity index is 1.78. The van der Waals surface area contributed by atoms with Crippen LogP contribution in [0.25, 0.3) is 10.2 Å². The number of nitrogens with one attached hydrogen (secondary N) is 1. The Labute approximate surface area is 116 Å². The number of nitrogens with zero attached hydrogens (tertiary/aromatic N) is 1. The summed E-state index contributed by atoms with van der Waals surface area (Å²) >= 11 is 1.36. The van der Waals surface area contributed by atoms with Crippen LogP contribution >= 0.6 is 11.3 Å². The highest BCUT2D eigenvalue weighted by Crippen LogP contribution is 2.34. The molecule has 1 aliphatic carbocycles. The van der Waals surface area contributed by atoms with E-state index in [4.69, 9.17) is 5.73 Å². The van der Waals surface area contributed by atoms with Crippen molar-refractivity contribution in [3.63, 3.8) is 0 Å². The zero-order valence-electron chi connectivity index (χ0n) is 10.8. The van der Waals surface area contributed by atoms with Crippen LogP contribution in [0.1, 0.15) is 35.9 Å². The van der Waals surface area contributed by atoms with Crippen molar-refractivity contribution in [2.24, 2.45) is 5.92 Å². The van der Waals surface area contributed by atoms with Gasteiger partial charge in [-0.15, -0.1) is 11.3 Å². The van der Waals surface area contributed by atoms with Gasteiger partial charge in [0.2, 0.25) is 0 Å². The second-order valence-electron chi connectivity index (χ2n) is 5.25. The minimum Gasteiger partial charge on any atom is -0.397 e. The van der Waals surface area contributed by atoms with Gasteiger partial charge in [-0.3, -0.25) is 4.79 Å². The largest absolute Gasteiger partial charge is 0.397 e. The van der Waals surface area contributed by atoms with E-state index >= 15 is 0 Å². The lowest BCUT2D eigenvalue weighted by molar-refractivity contribution is 0.0942. The molecule has 0 aromatic carbocycles. The molecule has 2 heterocycles. The van der Waals surface area contributed by atoms with Crippen molar-refractivity contribution >= 4 is 33.1 Å². The van der Waals surface area contributed by atoms with Gasteiger partial charge in [0.1, 0.15) is 9.71 Å². The molecule has 1 unspecified atom stereocenters. The third kappa shape index (κ3) is 2.56. The van der Waals surface area contributed by atoms with Crippen molar-refractivity contribution < 1.29 is 4.79 Å². The maximum absolute atomic E-state index is 12.2. The zero-order valence-corrected chi connectivity index (χ0v) is 11.7. The Kier molecular flexibility index (Phi) is 3.14. The molecule has 0 spiro atoms. The van der Waals surface area contributed by atoms with Crippen molar-refractivity contribution in [1.29, 1.82) is 0 Å². The molecule has 5 heteroatoms. The first-order valence-electron chi connectivity index (χ1n) is 6.59. The molecule has 2 aromatic rings. The molecule has 0 radical (unpaired) electrons. The fourth-order valence-electron chi connectivity index (χ4n) is 2.32. The summed E-state index contributed by atoms with van der Waals surface area (Å²) in [5, 5.41) is 3.90. The molecule has 0 aliphatic heterocycles. The number of pyridine rings is 1. The number of carbonyl (C=O) groups is 1. The number of nitrogen functional groups attached to an aromatic ring is 1. The highest BCUT2D eigenvalue weighted by Gasteiger charge is 2.25. The van der Waals surface area contributed by atoms with Gasteiger partial charge in [-0.2, -0.15) is 0 Å². The van der Waals surface area contributed by atoms with Gasteiger partial charge in [-0.25, -0.2) is 4.98 Å². The highest BCUT2D eigenvalue weighted by molar-refractivity contribution is 7.21. The van der Waals surface area contributed by atoms with Crippen LogP contribution in [-0.2, 0) is 0 Å². The summed E-state index contributed by atoms with van der Waals surface area (Å²) in [5.41, 5.74) is 6.58. The van der Waals surface area contributed by atoms with Crippen molar-refractivity contribution in [1.82, 2.24) is 10.3 Å². The fraction of sp³-hybridized carbons (Fsp3) is 0.429. The molecular formula is C14H17N3OS. The van der Waals surface area contributed by atoms with Gasteiger partial charge in [0.15, 0.2) is 0 Å². The van der Waals surface area contributed by atoms with E-state index in [0.29, 0.717) is 10.6 Å². The third-order valence-corrected chi connectivity index (χ3v) is 4.60. The molecule has 1 fully saturated rings. The molecule has 1 amide bonds. The minimum absolute atomic E-state index is 0.0753. The number of anilines is 1. The van der Waals surface area contributed by atoms with Crippen LogP contribution in [0, 0.1) is 5.92 Å². The van der Waals surface area contributed by atoms with E-state index in [1.807, 2.05) is 12.1 Å². The lowest BCUT2D eigenvalue weighted by Gasteiger charge is -2.12. The average Bonchev–Trinajstić information content (AvgIpc) is 3.12. The first-order chi connectivity index (χ1) is 9.15. The summed E-state index contributed by atoms with van der Waals surface area (Å²) in [6.07, 6.45) is 5.38. The zero-order chi connectivity index (χ0) is 13.4. The monoisotopic (exact) mass is 275 g/mol. The van der Waals surface area contributed by atoms with Crippen LogP contribution in [0.15, 0.2) is 18.3 Å². The van der Waals surface area contributed by atoms with Crippen molar-refractivity contribution in [2.75, 3.05) is 5.73 Å². The van der Waals surface area contributed by atoms with E-state index in [2.05, 4.69) is 17.2 Å². The quantitative estimate of drug-likeness (QED) is 0.901. The van der Waals surface area contributed by atoms with Gasteiger partial charge in [0.05, 0.1) is 5.69 Å². The number of fused-ring (bicyclic) bond motifs is 1. The van der Waals surface area contributed by atoms with Gasteiger partial charge in [-0.05, 0) is 31.4 Å². The number of hydrogen-bond donors (Lipinski definition) is 2. The molecule has 0 saturated heterocycles. The topological polar surface area (TPSA) is 68.0 Å². The van der Waals surface area contributed by atoms with Gasteiger partial charge in [0, 0.05) is 17.6 Å². The molecule has 1 atom stereocenters. The summed E-state index contributed by atoms with van der Waals surface area (Å²) in [7, 11) is 0. The van der Waals surface area contributed by atoms with Crippen molar-refractivity contribution in [2.45, 2.75) is 32.2 Å². The van der Waals surface area contributed by atoms with Crippen LogP contribution in [0.2, 0.25) is 0 Å². The lowest BCUT2D eigenvalue weighted by atomic mass is 10.1. The predicted octanol–water partition coefficient (Wildman–Crippen LogP) is 2.80. The van der Waals surface area contributed by atoms with Crippen LogP contribution in [-0.4, -0.2) is 16.9 Å². The first kappa shape index (κ1) is 12.4. The van der Waals surface area contributed by atoms with E-state index in [-0.39, 0.29) is 11.9 Å². The van der Waals surface area contributed by atoms with Crippen molar-refractivity contribution in [3.05, 3.63) is 23.2 Å². The third-order valence-electron chi connectivity index (χ3n) is 3.47. The van der Waals surface area contributed by atoms with E-state index in [9.17, 15) is 4.79 Å². The Morgan fingerprint density at radius 3 is 3.11 bits per heavy atom. The first-order valence-corrected chi connectivity index (χ1v) is 7.40. The predicted molar refractivity (Wildman–Crippen MR) is 78.3 cm³/mol. The molecular weight excluding hydrogens is 258 g/mol. The van der Waals surface area contributed by atoms with E-state index in [1.165, 1.54) is 24.2 Å². The summed E-state index contributed by atoms with van der Waals surface area (Å²) in [5.74, 6) is 0.727. The molecule has 3 N–H and O–H groups in total. The smallest absolute Gasteiger partial charge is 0.263 e. The lowest BCUT2D eigenvalue weighted by Crippen LogP contribution is -2.32. The SMILES string of the molecule is CC(CC1CC1)NC(=O)c1sc2ncccc2c1N. The van der Waals surface area contributed by atoms with Gasteiger partial charge < -0.3 is 11.1 Å². The average molecular weight is 275 g/mol. The number of carbonyl (C=O) groups excluding carboxylic acids is 1. The summed E-state index contributed by atoms with van der Waals surface area (Å²) < 4.78 is 0. The molecule has 1 aliphatic rings. The Hall–Kier alpha value is -1.62. The Bertz CT molecular complexity index is 618. The number of hydrogen-bond acceptors (Lipinski definition) is 4. The second-order valence-corrected chi connectivity index (χ2v) is 6.25. The molecule has 4 nitrogen and oxygen atoms in total. The summed E-state index contributed by atoms with van der Waals surface area (Å²) in [6, 6.07) is 3.94. The Morgan fingerprint density at radius 2 is 2.42 bits per heavy atom. The highest BCUT2D eigenvalue weighted by atomic mass is 32.1. The van der Waals surface area contributed by atoms with E-state index in [1.54, 1.807) is 6.20 Å². The Morgan fingerprint density at radius 1 is 1.63 bits per heavy atom. The van der Waals surface area contributed by atoms with Crippen LogP contribution in [0.5, 0.6) is 0 Å². The van der Waals surface area contributed by atoms with Crippen molar-refractivity contribution in [3.8, 4) is 0 Å². The van der Waals surface area contributed by atoms with Gasteiger partial charge >= 0.3 is 0 Å². The second kappa shape index (κ2) is 4.81.